The first-order valence-corrected chi connectivity index (χ1v) is 8.08. The normalized spacial score (nSPS) is 12.4. The number of aromatic nitrogens is 2. The molecule has 0 aliphatic carbocycles. The highest BCUT2D eigenvalue weighted by Crippen LogP contribution is 2.32. The van der Waals surface area contributed by atoms with Gasteiger partial charge in [-0.15, -0.1) is 0 Å². The smallest absolute Gasteiger partial charge is 0.125 e. The van der Waals surface area contributed by atoms with Gasteiger partial charge in [0, 0.05) is 28.3 Å². The second kappa shape index (κ2) is 7.61. The molecule has 1 heterocycles. The molecule has 0 saturated carbocycles. The predicted octanol–water partition coefficient (Wildman–Crippen LogP) is 3.76. The molecule has 0 radical (unpaired) electrons. The Balaban J connectivity index is 2.39. The van der Waals surface area contributed by atoms with Gasteiger partial charge in [0.2, 0.25) is 0 Å². The van der Waals surface area contributed by atoms with Gasteiger partial charge in [0.05, 0.1) is 19.3 Å². The molecule has 1 atom stereocenters. The third-order valence-corrected chi connectivity index (χ3v) is 3.91. The average Bonchev–Trinajstić information content (AvgIpc) is 2.97. The lowest BCUT2D eigenvalue weighted by atomic mass is 10.0. The van der Waals surface area contributed by atoms with Crippen molar-refractivity contribution in [3.05, 3.63) is 46.2 Å². The van der Waals surface area contributed by atoms with Crippen molar-refractivity contribution in [2.45, 2.75) is 32.9 Å². The van der Waals surface area contributed by atoms with Crippen molar-refractivity contribution in [2.75, 3.05) is 13.7 Å². The van der Waals surface area contributed by atoms with Crippen LogP contribution < -0.4 is 10.1 Å². The van der Waals surface area contributed by atoms with E-state index in [1.165, 1.54) is 0 Å². The molecule has 2 aromatic rings. The number of aryl methyl sites for hydroxylation is 1. The van der Waals surface area contributed by atoms with Crippen LogP contribution in [0.5, 0.6) is 5.75 Å². The zero-order chi connectivity index (χ0) is 15.2. The number of ether oxygens (including phenoxy) is 1. The number of methoxy groups -OCH3 is 1. The zero-order valence-corrected chi connectivity index (χ0v) is 14.4. The van der Waals surface area contributed by atoms with E-state index in [1.807, 2.05) is 23.0 Å². The molecule has 1 unspecified atom stereocenters. The maximum atomic E-state index is 5.54. The maximum Gasteiger partial charge on any atom is 0.125 e. The van der Waals surface area contributed by atoms with Gasteiger partial charge in [-0.2, -0.15) is 5.10 Å². The van der Waals surface area contributed by atoms with Gasteiger partial charge >= 0.3 is 0 Å². The van der Waals surface area contributed by atoms with Gasteiger partial charge in [-0.25, -0.2) is 0 Å². The fraction of sp³-hybridized carbons (Fsp3) is 0.438. The molecule has 1 aromatic heterocycles. The third kappa shape index (κ3) is 3.86. The predicted molar refractivity (Wildman–Crippen MR) is 88.7 cm³/mol. The van der Waals surface area contributed by atoms with Crippen LogP contribution in [0.1, 0.15) is 37.4 Å². The number of nitrogens with one attached hydrogen (secondary N) is 1. The number of halogens is 1. The molecule has 0 saturated heterocycles. The van der Waals surface area contributed by atoms with Crippen LogP contribution in [0.15, 0.2) is 35.1 Å². The molecule has 21 heavy (non-hydrogen) atoms. The Kier molecular flexibility index (Phi) is 5.82. The summed E-state index contributed by atoms with van der Waals surface area (Å²) in [6, 6.07) is 6.23. The van der Waals surface area contributed by atoms with Gasteiger partial charge in [0.25, 0.3) is 0 Å². The second-order valence-electron chi connectivity index (χ2n) is 4.90. The molecule has 114 valence electrons. The first kappa shape index (κ1) is 16.0. The first-order valence-electron chi connectivity index (χ1n) is 7.28. The Morgan fingerprint density at radius 1 is 1.38 bits per heavy atom. The quantitative estimate of drug-likeness (QED) is 0.825. The molecule has 0 fully saturated rings. The van der Waals surface area contributed by atoms with E-state index in [0.29, 0.717) is 0 Å². The standard InChI is InChI=1S/C16H22BrN3O/c1-4-8-18-16(12-10-19-20(5-2)11-12)14-7-6-13(17)9-15(14)21-3/h6-7,9-11,16,18H,4-5,8H2,1-3H3. The lowest BCUT2D eigenvalue weighted by Crippen LogP contribution is -2.23. The highest BCUT2D eigenvalue weighted by atomic mass is 79.9. The number of benzene rings is 1. The van der Waals surface area contributed by atoms with Crippen LogP contribution in [0.25, 0.3) is 0 Å². The topological polar surface area (TPSA) is 39.1 Å². The molecule has 0 bridgehead atoms. The van der Waals surface area contributed by atoms with Crippen molar-refractivity contribution < 1.29 is 4.74 Å². The molecule has 1 N–H and O–H groups in total. The number of hydrogen-bond acceptors (Lipinski definition) is 3. The van der Waals surface area contributed by atoms with E-state index in [9.17, 15) is 0 Å². The van der Waals surface area contributed by atoms with E-state index >= 15 is 0 Å². The minimum Gasteiger partial charge on any atom is -0.496 e. The Bertz CT molecular complexity index is 583. The van der Waals surface area contributed by atoms with Gasteiger partial charge in [-0.3, -0.25) is 4.68 Å². The highest BCUT2D eigenvalue weighted by molar-refractivity contribution is 9.10. The minimum absolute atomic E-state index is 0.0910. The van der Waals surface area contributed by atoms with Crippen molar-refractivity contribution in [1.29, 1.82) is 0 Å². The highest BCUT2D eigenvalue weighted by Gasteiger charge is 2.19. The summed E-state index contributed by atoms with van der Waals surface area (Å²) in [7, 11) is 1.71. The summed E-state index contributed by atoms with van der Waals surface area (Å²) in [6.45, 7) is 6.07. The average molecular weight is 352 g/mol. The fourth-order valence-corrected chi connectivity index (χ4v) is 2.66. The van der Waals surface area contributed by atoms with Gasteiger partial charge in [0.15, 0.2) is 0 Å². The summed E-state index contributed by atoms with van der Waals surface area (Å²) in [6.07, 6.45) is 5.10. The van der Waals surface area contributed by atoms with Crippen LogP contribution in [0.3, 0.4) is 0 Å². The molecule has 0 aliphatic heterocycles. The third-order valence-electron chi connectivity index (χ3n) is 3.42. The SMILES string of the molecule is CCCNC(c1cnn(CC)c1)c1ccc(Br)cc1OC. The molecule has 4 nitrogen and oxygen atoms in total. The Morgan fingerprint density at radius 3 is 2.81 bits per heavy atom. The maximum absolute atomic E-state index is 5.54. The van der Waals surface area contributed by atoms with Crippen LogP contribution >= 0.6 is 15.9 Å². The van der Waals surface area contributed by atoms with E-state index in [1.54, 1.807) is 7.11 Å². The summed E-state index contributed by atoms with van der Waals surface area (Å²) in [5.41, 5.74) is 2.29. The van der Waals surface area contributed by atoms with Gasteiger partial charge < -0.3 is 10.1 Å². The molecule has 0 spiro atoms. The summed E-state index contributed by atoms with van der Waals surface area (Å²) < 4.78 is 8.51. The van der Waals surface area contributed by atoms with Crippen LogP contribution in [0, 0.1) is 0 Å². The summed E-state index contributed by atoms with van der Waals surface area (Å²) >= 11 is 3.49. The monoisotopic (exact) mass is 351 g/mol. The summed E-state index contributed by atoms with van der Waals surface area (Å²) in [5.74, 6) is 0.877. The molecule has 1 aromatic carbocycles. The largest absolute Gasteiger partial charge is 0.496 e. The minimum atomic E-state index is 0.0910. The van der Waals surface area contributed by atoms with Crippen LogP contribution in [-0.4, -0.2) is 23.4 Å². The molecule has 0 amide bonds. The second-order valence-corrected chi connectivity index (χ2v) is 5.82. The van der Waals surface area contributed by atoms with Crippen molar-refractivity contribution in [1.82, 2.24) is 15.1 Å². The van der Waals surface area contributed by atoms with E-state index in [-0.39, 0.29) is 6.04 Å². The number of nitrogens with zero attached hydrogens (tertiary/aromatic N) is 2. The molecule has 2 rings (SSSR count). The van der Waals surface area contributed by atoms with Crippen molar-refractivity contribution >= 4 is 15.9 Å². The van der Waals surface area contributed by atoms with Crippen LogP contribution in [0.4, 0.5) is 0 Å². The molecule has 5 heteroatoms. The van der Waals surface area contributed by atoms with Crippen molar-refractivity contribution in [2.24, 2.45) is 0 Å². The Morgan fingerprint density at radius 2 is 2.19 bits per heavy atom. The van der Waals surface area contributed by atoms with Crippen LogP contribution in [-0.2, 0) is 6.54 Å². The lowest BCUT2D eigenvalue weighted by Gasteiger charge is -2.20. The first-order chi connectivity index (χ1) is 10.2. The fourth-order valence-electron chi connectivity index (χ4n) is 2.32. The van der Waals surface area contributed by atoms with Gasteiger partial charge in [-0.1, -0.05) is 28.9 Å². The molecular formula is C16H22BrN3O. The number of hydrogen-bond donors (Lipinski definition) is 1. The van der Waals surface area contributed by atoms with E-state index in [2.05, 4.69) is 52.5 Å². The van der Waals surface area contributed by atoms with Crippen molar-refractivity contribution in [3.8, 4) is 5.75 Å². The van der Waals surface area contributed by atoms with Crippen molar-refractivity contribution in [3.63, 3.8) is 0 Å². The summed E-state index contributed by atoms with van der Waals surface area (Å²) in [5, 5.41) is 7.97. The van der Waals surface area contributed by atoms with Gasteiger partial charge in [0.1, 0.15) is 5.75 Å². The number of rotatable bonds is 7. The molecule has 0 aliphatic rings. The summed E-state index contributed by atoms with van der Waals surface area (Å²) in [4.78, 5) is 0. The Labute approximate surface area is 134 Å². The van der Waals surface area contributed by atoms with E-state index in [4.69, 9.17) is 4.74 Å². The lowest BCUT2D eigenvalue weighted by molar-refractivity contribution is 0.403. The van der Waals surface area contributed by atoms with Crippen LogP contribution in [0.2, 0.25) is 0 Å². The zero-order valence-electron chi connectivity index (χ0n) is 12.8. The molecular weight excluding hydrogens is 330 g/mol. The van der Waals surface area contributed by atoms with E-state index in [0.717, 1.165) is 40.9 Å². The Hall–Kier alpha value is -1.33. The van der Waals surface area contributed by atoms with Gasteiger partial charge in [-0.05, 0) is 32.0 Å². The van der Waals surface area contributed by atoms with E-state index < -0.39 is 0 Å².